The molecule has 5 aliphatic rings. The number of rotatable bonds is 1. The fraction of sp³-hybridized carbons (Fsp3) is 0.870. The summed E-state index contributed by atoms with van der Waals surface area (Å²) in [5.41, 5.74) is 0.396. The molecule has 1 N–H and O–H groups in total. The summed E-state index contributed by atoms with van der Waals surface area (Å²) in [4.78, 5) is 12.3. The number of ether oxygens (including phenoxy) is 2. The van der Waals surface area contributed by atoms with E-state index < -0.39 is 5.60 Å². The van der Waals surface area contributed by atoms with Crippen LogP contribution in [0.4, 0.5) is 0 Å². The number of Topliss-reactive ketones (excluding diaryl/α,β-unsaturated/α-hetero) is 1. The van der Waals surface area contributed by atoms with Crippen LogP contribution in [0.3, 0.4) is 0 Å². The van der Waals surface area contributed by atoms with Gasteiger partial charge in [0.25, 0.3) is 0 Å². The maximum Gasteiger partial charge on any atom is 0.172 e. The summed E-state index contributed by atoms with van der Waals surface area (Å²) in [5, 5.41) is 11.3. The van der Waals surface area contributed by atoms with Crippen molar-refractivity contribution >= 4 is 5.78 Å². The van der Waals surface area contributed by atoms with E-state index in [9.17, 15) is 9.90 Å². The summed E-state index contributed by atoms with van der Waals surface area (Å²) in [6.45, 7) is 7.69. The van der Waals surface area contributed by atoms with Crippen molar-refractivity contribution in [1.82, 2.24) is 0 Å². The fourth-order valence-electron chi connectivity index (χ4n) is 7.94. The molecular weight excluding hydrogens is 340 g/mol. The Kier molecular flexibility index (Phi) is 3.85. The van der Waals surface area contributed by atoms with Gasteiger partial charge in [0.2, 0.25) is 0 Å². The highest BCUT2D eigenvalue weighted by Gasteiger charge is 2.65. The molecule has 1 spiro atoms. The molecule has 150 valence electrons. The molecule has 6 atom stereocenters. The average Bonchev–Trinajstić information content (AvgIpc) is 3.19. The molecule has 0 unspecified atom stereocenters. The van der Waals surface area contributed by atoms with Gasteiger partial charge in [-0.1, -0.05) is 25.5 Å². The molecule has 4 fully saturated rings. The monoisotopic (exact) mass is 374 g/mol. The maximum absolute atomic E-state index is 12.3. The minimum absolute atomic E-state index is 0.0284. The minimum atomic E-state index is -1.12. The van der Waals surface area contributed by atoms with Crippen molar-refractivity contribution in [2.45, 2.75) is 83.5 Å². The van der Waals surface area contributed by atoms with Crippen molar-refractivity contribution in [1.29, 1.82) is 0 Å². The standard InChI is InChI=1S/C23H34O4/c1-15(24)23(25)9-7-19-17-5-4-16-14-22(26-12-13-27-22)11-10-20(16,2)18(17)6-8-21(19,23)3/h4,17-19,25H,5-14H2,1-3H3/t17-,18+,19+,20-,21-,23-/m0/s1. The first-order chi connectivity index (χ1) is 12.7. The molecule has 5 rings (SSSR count). The van der Waals surface area contributed by atoms with E-state index in [0.717, 1.165) is 58.2 Å². The van der Waals surface area contributed by atoms with Crippen LogP contribution in [-0.4, -0.2) is 35.5 Å². The van der Waals surface area contributed by atoms with Gasteiger partial charge >= 0.3 is 0 Å². The first-order valence-corrected chi connectivity index (χ1v) is 11.0. The molecule has 0 bridgehead atoms. The second-order valence-corrected chi connectivity index (χ2v) is 10.5. The van der Waals surface area contributed by atoms with Crippen molar-refractivity contribution in [2.75, 3.05) is 13.2 Å². The van der Waals surface area contributed by atoms with Crippen LogP contribution in [0.15, 0.2) is 11.6 Å². The van der Waals surface area contributed by atoms with Crippen LogP contribution in [0.25, 0.3) is 0 Å². The molecule has 0 amide bonds. The summed E-state index contributed by atoms with van der Waals surface area (Å²) in [6.07, 6.45) is 10.3. The minimum Gasteiger partial charge on any atom is -0.382 e. The van der Waals surface area contributed by atoms with E-state index in [1.807, 2.05) is 0 Å². The molecule has 0 aromatic carbocycles. The highest BCUT2D eigenvalue weighted by molar-refractivity contribution is 5.86. The molecule has 4 aliphatic carbocycles. The lowest BCUT2D eigenvalue weighted by Crippen LogP contribution is -2.57. The van der Waals surface area contributed by atoms with E-state index in [4.69, 9.17) is 9.47 Å². The van der Waals surface area contributed by atoms with Crippen LogP contribution >= 0.6 is 0 Å². The molecule has 0 radical (unpaired) electrons. The van der Waals surface area contributed by atoms with Gasteiger partial charge in [-0.3, -0.25) is 4.79 Å². The molecule has 1 heterocycles. The van der Waals surface area contributed by atoms with Crippen LogP contribution in [0, 0.1) is 28.6 Å². The Balaban J connectivity index is 1.46. The highest BCUT2D eigenvalue weighted by atomic mass is 16.7. The molecule has 3 saturated carbocycles. The van der Waals surface area contributed by atoms with Gasteiger partial charge in [-0.2, -0.15) is 0 Å². The second-order valence-electron chi connectivity index (χ2n) is 10.5. The number of hydrogen-bond donors (Lipinski definition) is 1. The highest BCUT2D eigenvalue weighted by Crippen LogP contribution is 2.68. The Hall–Kier alpha value is -0.710. The van der Waals surface area contributed by atoms with E-state index in [1.54, 1.807) is 12.5 Å². The van der Waals surface area contributed by atoms with E-state index >= 15 is 0 Å². The van der Waals surface area contributed by atoms with Crippen molar-refractivity contribution < 1.29 is 19.4 Å². The molecule has 4 heteroatoms. The van der Waals surface area contributed by atoms with Gasteiger partial charge in [-0.15, -0.1) is 0 Å². The SMILES string of the molecule is CC(=O)[C@@]1(O)CC[C@@H]2[C@H]3CC=C4CC5(CC[C@]4(C)[C@@H]3CC[C@@]21C)OCCO5. The van der Waals surface area contributed by atoms with Gasteiger partial charge in [0.15, 0.2) is 11.6 Å². The number of aliphatic hydroxyl groups is 1. The van der Waals surface area contributed by atoms with Crippen molar-refractivity contribution in [3.63, 3.8) is 0 Å². The molecule has 27 heavy (non-hydrogen) atoms. The van der Waals surface area contributed by atoms with Gasteiger partial charge < -0.3 is 14.6 Å². The van der Waals surface area contributed by atoms with Gasteiger partial charge in [0.05, 0.1) is 13.2 Å². The lowest BCUT2D eigenvalue weighted by Gasteiger charge is -2.59. The van der Waals surface area contributed by atoms with Gasteiger partial charge in [0, 0.05) is 18.3 Å². The molecular formula is C23H34O4. The van der Waals surface area contributed by atoms with Crippen LogP contribution < -0.4 is 0 Å². The lowest BCUT2D eigenvalue weighted by atomic mass is 9.46. The van der Waals surface area contributed by atoms with E-state index in [2.05, 4.69) is 19.9 Å². The topological polar surface area (TPSA) is 55.8 Å². The van der Waals surface area contributed by atoms with E-state index in [-0.39, 0.29) is 22.4 Å². The zero-order valence-corrected chi connectivity index (χ0v) is 17.1. The Morgan fingerprint density at radius 2 is 1.78 bits per heavy atom. The zero-order chi connectivity index (χ0) is 19.1. The van der Waals surface area contributed by atoms with Gasteiger partial charge in [-0.05, 0) is 68.6 Å². The van der Waals surface area contributed by atoms with Crippen molar-refractivity contribution in [3.05, 3.63) is 11.6 Å². The summed E-state index contributed by atoms with van der Waals surface area (Å²) in [7, 11) is 0. The number of hydrogen-bond acceptors (Lipinski definition) is 4. The third-order valence-electron chi connectivity index (χ3n) is 9.66. The first kappa shape index (κ1) is 18.3. The number of carbonyl (C=O) groups is 1. The molecule has 1 aliphatic heterocycles. The second kappa shape index (κ2) is 5.67. The zero-order valence-electron chi connectivity index (χ0n) is 17.1. The summed E-state index contributed by atoms with van der Waals surface area (Å²) in [5.74, 6) is 1.31. The largest absolute Gasteiger partial charge is 0.382 e. The van der Waals surface area contributed by atoms with E-state index in [1.165, 1.54) is 0 Å². The normalized spacial score (nSPS) is 50.7. The van der Waals surface area contributed by atoms with Crippen molar-refractivity contribution in [3.8, 4) is 0 Å². The Bertz CT molecular complexity index is 692. The van der Waals surface area contributed by atoms with Crippen molar-refractivity contribution in [2.24, 2.45) is 28.6 Å². The van der Waals surface area contributed by atoms with Crippen LogP contribution in [0.2, 0.25) is 0 Å². The Morgan fingerprint density at radius 3 is 2.48 bits per heavy atom. The quantitative estimate of drug-likeness (QED) is 0.705. The summed E-state index contributed by atoms with van der Waals surface area (Å²) >= 11 is 0. The number of carbonyl (C=O) groups excluding carboxylic acids is 1. The number of fused-ring (bicyclic) bond motifs is 5. The van der Waals surface area contributed by atoms with Gasteiger partial charge in [-0.25, -0.2) is 0 Å². The van der Waals surface area contributed by atoms with Crippen LogP contribution in [-0.2, 0) is 14.3 Å². The number of ketones is 1. The smallest absolute Gasteiger partial charge is 0.172 e. The summed E-state index contributed by atoms with van der Waals surface area (Å²) in [6, 6.07) is 0. The molecule has 4 nitrogen and oxygen atoms in total. The van der Waals surface area contributed by atoms with E-state index in [0.29, 0.717) is 24.2 Å². The number of allylic oxidation sites excluding steroid dienone is 1. The Labute approximate surface area is 162 Å². The maximum atomic E-state index is 12.3. The van der Waals surface area contributed by atoms with Crippen LogP contribution in [0.5, 0.6) is 0 Å². The lowest BCUT2D eigenvalue weighted by molar-refractivity contribution is -0.188. The molecule has 0 aromatic heterocycles. The molecule has 0 aromatic rings. The fourth-order valence-corrected chi connectivity index (χ4v) is 7.94. The Morgan fingerprint density at radius 1 is 1.07 bits per heavy atom. The van der Waals surface area contributed by atoms with Crippen LogP contribution in [0.1, 0.15) is 72.1 Å². The molecule has 1 saturated heterocycles. The predicted octanol–water partition coefficient (Wildman–Crippen LogP) is 4.01. The average molecular weight is 375 g/mol. The first-order valence-electron chi connectivity index (χ1n) is 11.0. The summed E-state index contributed by atoms with van der Waals surface area (Å²) < 4.78 is 12.0. The predicted molar refractivity (Wildman–Crippen MR) is 102 cm³/mol. The third kappa shape index (κ3) is 2.24. The third-order valence-corrected chi connectivity index (χ3v) is 9.66. The van der Waals surface area contributed by atoms with Gasteiger partial charge in [0.1, 0.15) is 5.60 Å².